The second kappa shape index (κ2) is 7.34. The zero-order valence-corrected chi connectivity index (χ0v) is 12.6. The number of hydrogen-bond donors (Lipinski definition) is 2. The smallest absolute Gasteiger partial charge is 0.321 e. The van der Waals surface area contributed by atoms with Crippen molar-refractivity contribution < 1.29 is 14.5 Å². The minimum Gasteiger partial charge on any atom is -0.336 e. The molecule has 9 heteroatoms. The van der Waals surface area contributed by atoms with Gasteiger partial charge in [-0.25, -0.2) is 9.78 Å². The Bertz CT molecular complexity index is 740. The van der Waals surface area contributed by atoms with Gasteiger partial charge in [0.25, 0.3) is 5.69 Å². The predicted octanol–water partition coefficient (Wildman–Crippen LogP) is 1.57. The van der Waals surface area contributed by atoms with Crippen molar-refractivity contribution in [2.45, 2.75) is 26.3 Å². The molecule has 122 valence electrons. The van der Waals surface area contributed by atoms with Gasteiger partial charge in [0.15, 0.2) is 0 Å². The van der Waals surface area contributed by atoms with Gasteiger partial charge in [0.1, 0.15) is 0 Å². The molecule has 0 aliphatic carbocycles. The average molecular weight is 319 g/mol. The first kappa shape index (κ1) is 16.4. The van der Waals surface area contributed by atoms with Crippen molar-refractivity contribution in [2.24, 2.45) is 0 Å². The van der Waals surface area contributed by atoms with Gasteiger partial charge in [-0.1, -0.05) is 6.92 Å². The fourth-order valence-electron chi connectivity index (χ4n) is 2.09. The number of nitro benzene ring substituents is 1. The standard InChI is InChI=1S/C14H17N5O4/c1-2-3-13(20)17-14(21)15-6-7-18-9-16-11-5-4-10(19(22)23)8-12(11)18/h4-5,8-9H,2-3,6-7H2,1H3,(H2,15,17,20,21). The molecule has 1 heterocycles. The normalized spacial score (nSPS) is 10.5. The van der Waals surface area contributed by atoms with Crippen molar-refractivity contribution in [2.75, 3.05) is 6.54 Å². The average Bonchev–Trinajstić information content (AvgIpc) is 2.89. The van der Waals surface area contributed by atoms with Gasteiger partial charge in [0.2, 0.25) is 5.91 Å². The van der Waals surface area contributed by atoms with E-state index in [0.717, 1.165) is 0 Å². The summed E-state index contributed by atoms with van der Waals surface area (Å²) >= 11 is 0. The van der Waals surface area contributed by atoms with E-state index in [1.54, 1.807) is 17.0 Å². The molecule has 0 fully saturated rings. The highest BCUT2D eigenvalue weighted by Gasteiger charge is 2.10. The number of urea groups is 1. The molecule has 2 aromatic rings. The summed E-state index contributed by atoms with van der Waals surface area (Å²) in [7, 11) is 0. The molecule has 0 atom stereocenters. The van der Waals surface area contributed by atoms with E-state index in [4.69, 9.17) is 0 Å². The summed E-state index contributed by atoms with van der Waals surface area (Å²) in [5.74, 6) is -0.325. The van der Waals surface area contributed by atoms with Crippen LogP contribution in [0.4, 0.5) is 10.5 Å². The van der Waals surface area contributed by atoms with Gasteiger partial charge in [0, 0.05) is 31.6 Å². The maximum Gasteiger partial charge on any atom is 0.321 e. The molecule has 0 radical (unpaired) electrons. The van der Waals surface area contributed by atoms with Gasteiger partial charge < -0.3 is 9.88 Å². The van der Waals surface area contributed by atoms with Crippen molar-refractivity contribution in [3.63, 3.8) is 0 Å². The fraction of sp³-hybridized carbons (Fsp3) is 0.357. The summed E-state index contributed by atoms with van der Waals surface area (Å²) in [6, 6.07) is 3.85. The summed E-state index contributed by atoms with van der Waals surface area (Å²) in [6.07, 6.45) is 2.51. The number of imidazole rings is 1. The number of carbonyl (C=O) groups excluding carboxylic acids is 2. The first-order valence-electron chi connectivity index (χ1n) is 7.18. The molecule has 2 rings (SSSR count). The highest BCUT2D eigenvalue weighted by Crippen LogP contribution is 2.19. The van der Waals surface area contributed by atoms with Gasteiger partial charge in [-0.2, -0.15) is 0 Å². The van der Waals surface area contributed by atoms with Crippen molar-refractivity contribution in [3.05, 3.63) is 34.6 Å². The Balaban J connectivity index is 1.94. The number of rotatable bonds is 6. The van der Waals surface area contributed by atoms with Crippen LogP contribution in [-0.4, -0.2) is 33.0 Å². The molecule has 9 nitrogen and oxygen atoms in total. The molecule has 0 saturated heterocycles. The number of nitro groups is 1. The number of carbonyl (C=O) groups is 2. The highest BCUT2D eigenvalue weighted by atomic mass is 16.6. The minimum atomic E-state index is -0.557. The van der Waals surface area contributed by atoms with Crippen molar-refractivity contribution in [1.29, 1.82) is 0 Å². The Hall–Kier alpha value is -2.97. The van der Waals surface area contributed by atoms with E-state index in [1.807, 2.05) is 6.92 Å². The number of fused-ring (bicyclic) bond motifs is 1. The predicted molar refractivity (Wildman–Crippen MR) is 82.8 cm³/mol. The Morgan fingerprint density at radius 2 is 2.17 bits per heavy atom. The molecule has 1 aromatic heterocycles. The van der Waals surface area contributed by atoms with Gasteiger partial charge in [-0.3, -0.25) is 20.2 Å². The summed E-state index contributed by atoms with van der Waals surface area (Å²) in [6.45, 7) is 2.49. The third-order valence-corrected chi connectivity index (χ3v) is 3.18. The second-order valence-electron chi connectivity index (χ2n) is 4.92. The lowest BCUT2D eigenvalue weighted by Gasteiger charge is -2.07. The van der Waals surface area contributed by atoms with Crippen LogP contribution in [0.15, 0.2) is 24.5 Å². The lowest BCUT2D eigenvalue weighted by molar-refractivity contribution is -0.384. The van der Waals surface area contributed by atoms with Crippen LogP contribution in [0.1, 0.15) is 19.8 Å². The first-order valence-corrected chi connectivity index (χ1v) is 7.18. The van der Waals surface area contributed by atoms with E-state index in [9.17, 15) is 19.7 Å². The molecule has 3 amide bonds. The summed E-state index contributed by atoms with van der Waals surface area (Å²) in [5.41, 5.74) is 1.23. The maximum atomic E-state index is 11.5. The van der Waals surface area contributed by atoms with Gasteiger partial charge >= 0.3 is 6.03 Å². The summed E-state index contributed by atoms with van der Waals surface area (Å²) in [5, 5.41) is 15.6. The number of nitrogens with one attached hydrogen (secondary N) is 2. The monoisotopic (exact) mass is 319 g/mol. The molecular formula is C14H17N5O4. The lowest BCUT2D eigenvalue weighted by Crippen LogP contribution is -2.40. The van der Waals surface area contributed by atoms with E-state index >= 15 is 0 Å². The Labute approximate surface area is 131 Å². The van der Waals surface area contributed by atoms with Gasteiger partial charge in [-0.05, 0) is 12.5 Å². The number of non-ortho nitro benzene ring substituents is 1. The number of hydrogen-bond acceptors (Lipinski definition) is 5. The molecule has 0 aliphatic rings. The Kier molecular flexibility index (Phi) is 5.23. The Morgan fingerprint density at radius 1 is 1.39 bits per heavy atom. The first-order chi connectivity index (χ1) is 11.0. The third-order valence-electron chi connectivity index (χ3n) is 3.18. The van der Waals surface area contributed by atoms with Gasteiger partial charge in [-0.15, -0.1) is 0 Å². The largest absolute Gasteiger partial charge is 0.336 e. The van der Waals surface area contributed by atoms with Crippen LogP contribution in [0.3, 0.4) is 0 Å². The number of benzene rings is 1. The van der Waals surface area contributed by atoms with E-state index < -0.39 is 11.0 Å². The summed E-state index contributed by atoms with van der Waals surface area (Å²) in [4.78, 5) is 37.3. The van der Waals surface area contributed by atoms with Crippen molar-refractivity contribution in [3.8, 4) is 0 Å². The third kappa shape index (κ3) is 4.25. The Morgan fingerprint density at radius 3 is 2.87 bits per heavy atom. The number of amides is 3. The zero-order valence-electron chi connectivity index (χ0n) is 12.6. The molecule has 0 spiro atoms. The molecule has 0 aliphatic heterocycles. The zero-order chi connectivity index (χ0) is 16.8. The van der Waals surface area contributed by atoms with Gasteiger partial charge in [0.05, 0.1) is 22.3 Å². The van der Waals surface area contributed by atoms with Crippen molar-refractivity contribution >= 4 is 28.7 Å². The van der Waals surface area contributed by atoms with Crippen LogP contribution in [0, 0.1) is 10.1 Å². The van der Waals surface area contributed by atoms with Crippen LogP contribution in [0.2, 0.25) is 0 Å². The van der Waals surface area contributed by atoms with Crippen LogP contribution in [-0.2, 0) is 11.3 Å². The molecule has 0 saturated carbocycles. The minimum absolute atomic E-state index is 0.0184. The van der Waals surface area contributed by atoms with Crippen LogP contribution < -0.4 is 10.6 Å². The summed E-state index contributed by atoms with van der Waals surface area (Å²) < 4.78 is 1.70. The quantitative estimate of drug-likeness (QED) is 0.618. The van der Waals surface area contributed by atoms with E-state index in [2.05, 4.69) is 15.6 Å². The molecule has 0 unspecified atom stereocenters. The van der Waals surface area contributed by atoms with E-state index in [1.165, 1.54) is 12.1 Å². The molecule has 1 aromatic carbocycles. The van der Waals surface area contributed by atoms with Crippen LogP contribution in [0.5, 0.6) is 0 Å². The maximum absolute atomic E-state index is 11.5. The molecule has 2 N–H and O–H groups in total. The van der Waals surface area contributed by atoms with Crippen LogP contribution in [0.25, 0.3) is 11.0 Å². The number of nitrogens with zero attached hydrogens (tertiary/aromatic N) is 3. The lowest BCUT2D eigenvalue weighted by atomic mass is 10.3. The van der Waals surface area contributed by atoms with Crippen molar-refractivity contribution in [1.82, 2.24) is 20.2 Å². The number of aromatic nitrogens is 2. The second-order valence-corrected chi connectivity index (χ2v) is 4.92. The fourth-order valence-corrected chi connectivity index (χ4v) is 2.09. The van der Waals surface area contributed by atoms with E-state index in [0.29, 0.717) is 30.4 Å². The SMILES string of the molecule is CCCC(=O)NC(=O)NCCn1cnc2ccc([N+](=O)[O-])cc21. The highest BCUT2D eigenvalue weighted by molar-refractivity contribution is 5.94. The van der Waals surface area contributed by atoms with Crippen LogP contribution >= 0.6 is 0 Å². The van der Waals surface area contributed by atoms with E-state index in [-0.39, 0.29) is 18.1 Å². The topological polar surface area (TPSA) is 119 Å². The molecule has 23 heavy (non-hydrogen) atoms. The molecule has 0 bridgehead atoms. The number of imide groups is 1. The molecular weight excluding hydrogens is 302 g/mol.